The number of aliphatic hydroxyl groups is 1. The molecule has 1 aliphatic rings. The largest absolute Gasteiger partial charge is 0.493 e. The predicted molar refractivity (Wildman–Crippen MR) is 162 cm³/mol. The SMILES string of the molecule is CCOC(=O)Cc1csc(C(=O)C[C@H]2O[C@H](c3cccc(OC)c3OC)c3cc(Cl)ccc3N(CC(C)(C)CO)C2=O)n1. The highest BCUT2D eigenvalue weighted by molar-refractivity contribution is 7.11. The molecule has 230 valence electrons. The average Bonchev–Trinajstić information content (AvgIpc) is 3.42. The van der Waals surface area contributed by atoms with Crippen LogP contribution in [-0.4, -0.2) is 67.8 Å². The first-order chi connectivity index (χ1) is 20.5. The molecule has 1 N–H and O–H groups in total. The normalized spacial score (nSPS) is 16.8. The van der Waals surface area contributed by atoms with E-state index in [1.54, 1.807) is 53.6 Å². The van der Waals surface area contributed by atoms with Gasteiger partial charge in [0.05, 0.1) is 32.9 Å². The van der Waals surface area contributed by atoms with Crippen molar-refractivity contribution in [2.45, 2.75) is 45.8 Å². The Morgan fingerprint density at radius 1 is 1.16 bits per heavy atom. The molecule has 1 aromatic heterocycles. The molecule has 1 amide bonds. The summed E-state index contributed by atoms with van der Waals surface area (Å²) in [5.74, 6) is -0.439. The van der Waals surface area contributed by atoms with Crippen LogP contribution in [0.4, 0.5) is 5.69 Å². The second-order valence-electron chi connectivity index (χ2n) is 10.8. The fourth-order valence-corrected chi connectivity index (χ4v) is 5.79. The van der Waals surface area contributed by atoms with E-state index in [9.17, 15) is 19.5 Å². The summed E-state index contributed by atoms with van der Waals surface area (Å²) in [7, 11) is 3.03. The lowest BCUT2D eigenvalue weighted by molar-refractivity contribution is -0.142. The number of aromatic nitrogens is 1. The minimum absolute atomic E-state index is 0.0612. The number of rotatable bonds is 12. The van der Waals surface area contributed by atoms with E-state index in [1.165, 1.54) is 14.2 Å². The molecule has 0 saturated carbocycles. The molecule has 1 aliphatic heterocycles. The van der Waals surface area contributed by atoms with Crippen LogP contribution in [0.2, 0.25) is 5.02 Å². The molecule has 4 rings (SSSR count). The fraction of sp³-hybridized carbons (Fsp3) is 0.419. The van der Waals surface area contributed by atoms with Crippen LogP contribution in [0.25, 0.3) is 0 Å². The molecule has 10 nitrogen and oxygen atoms in total. The fourth-order valence-electron chi connectivity index (χ4n) is 4.84. The first-order valence-corrected chi connectivity index (χ1v) is 15.0. The third-order valence-electron chi connectivity index (χ3n) is 6.93. The van der Waals surface area contributed by atoms with Gasteiger partial charge in [0, 0.05) is 52.2 Å². The van der Waals surface area contributed by atoms with E-state index in [4.69, 9.17) is 30.5 Å². The number of halogens is 1. The van der Waals surface area contributed by atoms with E-state index < -0.39 is 35.3 Å². The van der Waals surface area contributed by atoms with Gasteiger partial charge in [0.25, 0.3) is 5.91 Å². The van der Waals surface area contributed by atoms with E-state index in [0.29, 0.717) is 39.0 Å². The number of carbonyl (C=O) groups excluding carboxylic acids is 3. The Morgan fingerprint density at radius 2 is 1.93 bits per heavy atom. The van der Waals surface area contributed by atoms with E-state index in [-0.39, 0.29) is 37.6 Å². The highest BCUT2D eigenvalue weighted by atomic mass is 35.5. The number of methoxy groups -OCH3 is 2. The number of nitrogens with zero attached hydrogens (tertiary/aromatic N) is 2. The lowest BCUT2D eigenvalue weighted by Gasteiger charge is -2.32. The van der Waals surface area contributed by atoms with E-state index in [1.807, 2.05) is 13.8 Å². The summed E-state index contributed by atoms with van der Waals surface area (Å²) in [6.45, 7) is 5.60. The molecule has 2 heterocycles. The topological polar surface area (TPSA) is 124 Å². The monoisotopic (exact) mass is 630 g/mol. The van der Waals surface area contributed by atoms with Crippen LogP contribution in [0.1, 0.15) is 59.9 Å². The maximum Gasteiger partial charge on any atom is 0.311 e. The number of hydrogen-bond donors (Lipinski definition) is 1. The molecule has 0 fully saturated rings. The molecular weight excluding hydrogens is 596 g/mol. The van der Waals surface area contributed by atoms with Gasteiger partial charge in [-0.3, -0.25) is 14.4 Å². The molecule has 2 atom stereocenters. The van der Waals surface area contributed by atoms with Crippen LogP contribution in [0, 0.1) is 5.41 Å². The van der Waals surface area contributed by atoms with Crippen LogP contribution in [0.3, 0.4) is 0 Å². The molecule has 0 saturated heterocycles. The molecule has 0 radical (unpaired) electrons. The molecule has 12 heteroatoms. The van der Waals surface area contributed by atoms with Crippen molar-refractivity contribution in [3.8, 4) is 11.5 Å². The maximum absolute atomic E-state index is 14.2. The molecule has 0 unspecified atom stereocenters. The van der Waals surface area contributed by atoms with Gasteiger partial charge in [-0.1, -0.05) is 37.6 Å². The summed E-state index contributed by atoms with van der Waals surface area (Å²) in [6, 6.07) is 10.5. The number of benzene rings is 2. The van der Waals surface area contributed by atoms with Gasteiger partial charge < -0.3 is 29.0 Å². The summed E-state index contributed by atoms with van der Waals surface area (Å²) in [5.41, 5.74) is 1.43. The Kier molecular flexibility index (Phi) is 10.4. The van der Waals surface area contributed by atoms with Gasteiger partial charge in [-0.15, -0.1) is 11.3 Å². The van der Waals surface area contributed by atoms with Gasteiger partial charge in [0.1, 0.15) is 12.2 Å². The Bertz CT molecular complexity index is 1490. The molecule has 0 spiro atoms. The van der Waals surface area contributed by atoms with Crippen molar-refractivity contribution in [1.29, 1.82) is 0 Å². The van der Waals surface area contributed by atoms with Crippen LogP contribution in [-0.2, 0) is 25.5 Å². The van der Waals surface area contributed by atoms with E-state index >= 15 is 0 Å². The number of para-hydroxylation sites is 1. The van der Waals surface area contributed by atoms with Gasteiger partial charge >= 0.3 is 5.97 Å². The zero-order valence-corrected chi connectivity index (χ0v) is 26.3. The van der Waals surface area contributed by atoms with Crippen LogP contribution < -0.4 is 14.4 Å². The van der Waals surface area contributed by atoms with Crippen LogP contribution in [0.15, 0.2) is 41.8 Å². The number of thiazole rings is 1. The number of ether oxygens (including phenoxy) is 4. The Morgan fingerprint density at radius 3 is 2.60 bits per heavy atom. The molecular formula is C31H35ClN2O8S. The molecule has 2 aromatic carbocycles. The number of hydrogen-bond acceptors (Lipinski definition) is 10. The summed E-state index contributed by atoms with van der Waals surface area (Å²) >= 11 is 7.56. The Hall–Kier alpha value is -3.51. The minimum atomic E-state index is -1.23. The van der Waals surface area contributed by atoms with Crippen molar-refractivity contribution in [1.82, 2.24) is 4.98 Å². The van der Waals surface area contributed by atoms with Gasteiger partial charge in [-0.2, -0.15) is 0 Å². The third kappa shape index (κ3) is 7.35. The van der Waals surface area contributed by atoms with Gasteiger partial charge in [-0.25, -0.2) is 4.98 Å². The first kappa shape index (κ1) is 32.4. The highest BCUT2D eigenvalue weighted by Gasteiger charge is 2.41. The van der Waals surface area contributed by atoms with Crippen molar-refractivity contribution in [3.05, 3.63) is 68.6 Å². The smallest absolute Gasteiger partial charge is 0.311 e. The second kappa shape index (κ2) is 13.9. The van der Waals surface area contributed by atoms with Crippen LogP contribution in [0.5, 0.6) is 11.5 Å². The third-order valence-corrected chi connectivity index (χ3v) is 8.09. The number of fused-ring (bicyclic) bond motifs is 1. The van der Waals surface area contributed by atoms with E-state index in [0.717, 1.165) is 11.3 Å². The number of ketones is 1. The standard InChI is InChI=1S/C31H35ClN2O8S/c1-6-41-26(37)13-19-15-43-29(33-19)23(36)14-25-30(38)34(16-31(2,3)17-35)22-11-10-18(32)12-21(22)27(42-25)20-8-7-9-24(39-4)28(20)40-5/h7-12,15,25,27,35H,6,13-14,16-17H2,1-5H3/t25-,27-/m1/s1. The average molecular weight is 631 g/mol. The summed E-state index contributed by atoms with van der Waals surface area (Å²) < 4.78 is 22.8. The van der Waals surface area contributed by atoms with Crippen molar-refractivity contribution in [2.75, 3.05) is 38.9 Å². The second-order valence-corrected chi connectivity index (χ2v) is 12.1. The predicted octanol–water partition coefficient (Wildman–Crippen LogP) is 5.03. The highest BCUT2D eigenvalue weighted by Crippen LogP contribution is 2.45. The van der Waals surface area contributed by atoms with Gasteiger partial charge in [0.15, 0.2) is 22.3 Å². The van der Waals surface area contributed by atoms with Gasteiger partial charge in [-0.05, 0) is 31.2 Å². The zero-order valence-electron chi connectivity index (χ0n) is 24.7. The molecule has 0 aliphatic carbocycles. The molecule has 3 aromatic rings. The number of esters is 1. The number of Topliss-reactive ketones (excluding diaryl/α,β-unsaturated/α-hetero) is 1. The summed E-state index contributed by atoms with van der Waals surface area (Å²) in [6.07, 6.45) is -2.48. The first-order valence-electron chi connectivity index (χ1n) is 13.7. The molecule has 43 heavy (non-hydrogen) atoms. The zero-order chi connectivity index (χ0) is 31.3. The quantitative estimate of drug-likeness (QED) is 0.217. The number of carbonyl (C=O) groups is 3. The minimum Gasteiger partial charge on any atom is -0.493 e. The number of amides is 1. The molecule has 0 bridgehead atoms. The number of anilines is 1. The Labute approximate surface area is 259 Å². The summed E-state index contributed by atoms with van der Waals surface area (Å²) in [5, 5.41) is 12.3. The van der Waals surface area contributed by atoms with Gasteiger partial charge in [0.2, 0.25) is 0 Å². The number of aliphatic hydroxyl groups excluding tert-OH is 1. The lowest BCUT2D eigenvalue weighted by atomic mass is 9.92. The van der Waals surface area contributed by atoms with Crippen molar-refractivity contribution in [3.63, 3.8) is 0 Å². The summed E-state index contributed by atoms with van der Waals surface area (Å²) in [4.78, 5) is 45.5. The maximum atomic E-state index is 14.2. The lowest BCUT2D eigenvalue weighted by Crippen LogP contribution is -2.45. The van der Waals surface area contributed by atoms with Crippen molar-refractivity contribution >= 4 is 46.3 Å². The van der Waals surface area contributed by atoms with Crippen molar-refractivity contribution < 1.29 is 38.4 Å². The van der Waals surface area contributed by atoms with E-state index in [2.05, 4.69) is 4.98 Å². The van der Waals surface area contributed by atoms with Crippen molar-refractivity contribution in [2.24, 2.45) is 5.41 Å². The Balaban J connectivity index is 1.79. The van der Waals surface area contributed by atoms with Crippen LogP contribution >= 0.6 is 22.9 Å².